The number of benzene rings is 1. The second-order valence-electron chi connectivity index (χ2n) is 4.64. The first-order chi connectivity index (χ1) is 8.68. The molecule has 1 heterocycles. The predicted octanol–water partition coefficient (Wildman–Crippen LogP) is 2.13. The van der Waals surface area contributed by atoms with E-state index in [1.165, 1.54) is 5.69 Å². The molecular weight excluding hydrogens is 226 g/mol. The second-order valence-corrected chi connectivity index (χ2v) is 4.64. The van der Waals surface area contributed by atoms with E-state index in [1.807, 2.05) is 32.0 Å². The van der Waals surface area contributed by atoms with Gasteiger partial charge >= 0.3 is 0 Å². The van der Waals surface area contributed by atoms with Crippen LogP contribution in [-0.2, 0) is 4.74 Å². The van der Waals surface area contributed by atoms with Gasteiger partial charge in [0.25, 0.3) is 0 Å². The molecule has 98 valence electrons. The molecule has 1 fully saturated rings. The molecule has 0 aliphatic carbocycles. The van der Waals surface area contributed by atoms with Gasteiger partial charge in [-0.15, -0.1) is 0 Å². The monoisotopic (exact) mass is 247 g/mol. The maximum atomic E-state index is 5.39. The average Bonchev–Trinajstić information content (AvgIpc) is 2.40. The molecule has 0 unspecified atom stereocenters. The molecule has 1 aliphatic rings. The Morgan fingerprint density at radius 3 is 2.56 bits per heavy atom. The van der Waals surface area contributed by atoms with E-state index in [4.69, 9.17) is 9.73 Å². The molecule has 0 amide bonds. The van der Waals surface area contributed by atoms with Crippen molar-refractivity contribution in [3.05, 3.63) is 24.3 Å². The summed E-state index contributed by atoms with van der Waals surface area (Å²) in [6, 6.07) is 8.30. The lowest BCUT2D eigenvalue weighted by Crippen LogP contribution is -2.36. The molecule has 1 saturated heterocycles. The molecule has 0 spiro atoms. The van der Waals surface area contributed by atoms with Crippen molar-refractivity contribution in [3.8, 4) is 0 Å². The summed E-state index contributed by atoms with van der Waals surface area (Å²) in [5.74, 6) is 1.01. The number of rotatable bonds is 2. The molecule has 1 aromatic rings. The molecule has 0 aromatic heterocycles. The molecule has 0 saturated carbocycles. The van der Waals surface area contributed by atoms with Gasteiger partial charge in [0.15, 0.2) is 0 Å². The van der Waals surface area contributed by atoms with Gasteiger partial charge in [-0.3, -0.25) is 0 Å². The van der Waals surface area contributed by atoms with E-state index < -0.39 is 0 Å². The van der Waals surface area contributed by atoms with Crippen LogP contribution in [0.1, 0.15) is 6.92 Å². The summed E-state index contributed by atoms with van der Waals surface area (Å²) in [7, 11) is 4.02. The summed E-state index contributed by atoms with van der Waals surface area (Å²) in [5, 5.41) is 0. The summed E-state index contributed by atoms with van der Waals surface area (Å²) >= 11 is 0. The largest absolute Gasteiger partial charge is 0.378 e. The Bertz CT molecular complexity index is 423. The van der Waals surface area contributed by atoms with E-state index in [0.717, 1.165) is 37.8 Å². The van der Waals surface area contributed by atoms with Crippen LogP contribution in [-0.4, -0.2) is 51.1 Å². The minimum absolute atomic E-state index is 0.796. The number of amidine groups is 1. The molecule has 4 heteroatoms. The van der Waals surface area contributed by atoms with Gasteiger partial charge in [-0.05, 0) is 19.1 Å². The Balaban J connectivity index is 2.27. The lowest BCUT2D eigenvalue weighted by atomic mass is 10.2. The van der Waals surface area contributed by atoms with Crippen LogP contribution in [0.5, 0.6) is 0 Å². The van der Waals surface area contributed by atoms with Crippen LogP contribution in [0.3, 0.4) is 0 Å². The van der Waals surface area contributed by atoms with Crippen molar-refractivity contribution in [1.29, 1.82) is 0 Å². The van der Waals surface area contributed by atoms with Gasteiger partial charge in [-0.1, -0.05) is 12.1 Å². The van der Waals surface area contributed by atoms with E-state index in [0.29, 0.717) is 0 Å². The van der Waals surface area contributed by atoms with Crippen LogP contribution >= 0.6 is 0 Å². The molecular formula is C14H21N3O. The van der Waals surface area contributed by atoms with Gasteiger partial charge in [-0.25, -0.2) is 4.99 Å². The highest BCUT2D eigenvalue weighted by Gasteiger charge is 2.14. The number of morpholine rings is 1. The quantitative estimate of drug-likeness (QED) is 0.592. The summed E-state index contributed by atoms with van der Waals surface area (Å²) in [6.45, 7) is 5.49. The number of ether oxygens (including phenoxy) is 1. The highest BCUT2D eigenvalue weighted by atomic mass is 16.5. The van der Waals surface area contributed by atoms with Crippen molar-refractivity contribution >= 4 is 17.2 Å². The fourth-order valence-corrected chi connectivity index (χ4v) is 1.90. The van der Waals surface area contributed by atoms with Gasteiger partial charge in [0.1, 0.15) is 5.84 Å². The van der Waals surface area contributed by atoms with E-state index >= 15 is 0 Å². The molecule has 0 bridgehead atoms. The molecule has 18 heavy (non-hydrogen) atoms. The van der Waals surface area contributed by atoms with Gasteiger partial charge in [0, 0.05) is 27.2 Å². The Hall–Kier alpha value is -1.55. The lowest BCUT2D eigenvalue weighted by molar-refractivity contribution is 0.123. The van der Waals surface area contributed by atoms with Crippen LogP contribution in [0.4, 0.5) is 11.4 Å². The van der Waals surface area contributed by atoms with Crippen LogP contribution in [0.2, 0.25) is 0 Å². The van der Waals surface area contributed by atoms with Crippen molar-refractivity contribution in [2.45, 2.75) is 6.92 Å². The topological polar surface area (TPSA) is 28.1 Å². The van der Waals surface area contributed by atoms with Crippen LogP contribution < -0.4 is 4.90 Å². The number of para-hydroxylation sites is 2. The number of aliphatic imine (C=N–C) groups is 1. The van der Waals surface area contributed by atoms with E-state index in [2.05, 4.69) is 23.1 Å². The molecule has 1 aromatic carbocycles. The molecule has 0 radical (unpaired) electrons. The molecule has 0 atom stereocenters. The van der Waals surface area contributed by atoms with Crippen molar-refractivity contribution in [2.75, 3.05) is 45.3 Å². The maximum absolute atomic E-state index is 5.39. The van der Waals surface area contributed by atoms with E-state index in [-0.39, 0.29) is 0 Å². The molecule has 0 N–H and O–H groups in total. The molecule has 4 nitrogen and oxygen atoms in total. The minimum atomic E-state index is 0.796. The smallest absolute Gasteiger partial charge is 0.101 e. The summed E-state index contributed by atoms with van der Waals surface area (Å²) in [4.78, 5) is 9.06. The van der Waals surface area contributed by atoms with Crippen LogP contribution in [0.25, 0.3) is 0 Å². The van der Waals surface area contributed by atoms with Crippen molar-refractivity contribution in [2.24, 2.45) is 4.99 Å². The van der Waals surface area contributed by atoms with Gasteiger partial charge in [0.05, 0.1) is 24.6 Å². The normalized spacial score (nSPS) is 16.8. The SMILES string of the molecule is CC(=Nc1ccccc1N1CCOCC1)N(C)C. The van der Waals surface area contributed by atoms with Gasteiger partial charge in [0.2, 0.25) is 0 Å². The Kier molecular flexibility index (Phi) is 4.20. The Labute approximate surface area is 109 Å². The van der Waals surface area contributed by atoms with E-state index in [9.17, 15) is 0 Å². The zero-order chi connectivity index (χ0) is 13.0. The minimum Gasteiger partial charge on any atom is -0.378 e. The van der Waals surface area contributed by atoms with Crippen molar-refractivity contribution in [3.63, 3.8) is 0 Å². The van der Waals surface area contributed by atoms with Crippen molar-refractivity contribution in [1.82, 2.24) is 4.90 Å². The standard InChI is InChI=1S/C14H21N3O/c1-12(16(2)3)15-13-6-4-5-7-14(13)17-8-10-18-11-9-17/h4-7H,8-11H2,1-3H3. The van der Waals surface area contributed by atoms with Gasteiger partial charge in [-0.2, -0.15) is 0 Å². The Morgan fingerprint density at radius 1 is 1.22 bits per heavy atom. The number of nitrogens with zero attached hydrogens (tertiary/aromatic N) is 3. The van der Waals surface area contributed by atoms with Crippen LogP contribution in [0, 0.1) is 0 Å². The van der Waals surface area contributed by atoms with Crippen molar-refractivity contribution < 1.29 is 4.74 Å². The zero-order valence-electron chi connectivity index (χ0n) is 11.4. The first kappa shape index (κ1) is 12.9. The lowest BCUT2D eigenvalue weighted by Gasteiger charge is -2.29. The highest BCUT2D eigenvalue weighted by molar-refractivity contribution is 5.84. The second kappa shape index (κ2) is 5.87. The highest BCUT2D eigenvalue weighted by Crippen LogP contribution is 2.29. The average molecular weight is 247 g/mol. The third-order valence-electron chi connectivity index (χ3n) is 3.16. The summed E-state index contributed by atoms with van der Waals surface area (Å²) in [6.07, 6.45) is 0. The third-order valence-corrected chi connectivity index (χ3v) is 3.16. The van der Waals surface area contributed by atoms with Crippen LogP contribution in [0.15, 0.2) is 29.3 Å². The Morgan fingerprint density at radius 2 is 1.89 bits per heavy atom. The first-order valence-electron chi connectivity index (χ1n) is 6.33. The summed E-state index contributed by atoms with van der Waals surface area (Å²) in [5.41, 5.74) is 2.23. The maximum Gasteiger partial charge on any atom is 0.101 e. The fourth-order valence-electron chi connectivity index (χ4n) is 1.90. The van der Waals surface area contributed by atoms with E-state index in [1.54, 1.807) is 0 Å². The molecule has 2 rings (SSSR count). The zero-order valence-corrected chi connectivity index (χ0v) is 11.4. The number of hydrogen-bond donors (Lipinski definition) is 0. The summed E-state index contributed by atoms with van der Waals surface area (Å²) < 4.78 is 5.39. The molecule has 1 aliphatic heterocycles. The fraction of sp³-hybridized carbons (Fsp3) is 0.500. The first-order valence-corrected chi connectivity index (χ1v) is 6.33. The number of hydrogen-bond acceptors (Lipinski definition) is 3. The number of anilines is 1. The predicted molar refractivity (Wildman–Crippen MR) is 75.9 cm³/mol. The third kappa shape index (κ3) is 3.01. The van der Waals surface area contributed by atoms with Gasteiger partial charge < -0.3 is 14.5 Å².